The fraction of sp³-hybridized carbons (Fsp3) is 0.471. The van der Waals surface area contributed by atoms with Crippen molar-refractivity contribution in [1.82, 2.24) is 19.4 Å². The third-order valence-electron chi connectivity index (χ3n) is 4.63. The Morgan fingerprint density at radius 1 is 1.35 bits per heavy atom. The monoisotopic (exact) mass is 396 g/mol. The number of amides is 1. The van der Waals surface area contributed by atoms with Crippen molar-refractivity contribution in [3.05, 3.63) is 41.7 Å². The van der Waals surface area contributed by atoms with Crippen molar-refractivity contribution < 1.29 is 13.2 Å². The highest BCUT2D eigenvalue weighted by atomic mass is 35.5. The van der Waals surface area contributed by atoms with E-state index in [0.29, 0.717) is 49.6 Å². The van der Waals surface area contributed by atoms with Crippen LogP contribution in [-0.4, -0.2) is 53.1 Å². The molecule has 0 aliphatic carbocycles. The van der Waals surface area contributed by atoms with Gasteiger partial charge < -0.3 is 9.47 Å². The number of imidazole rings is 1. The second-order valence-electron chi connectivity index (χ2n) is 6.51. The maximum absolute atomic E-state index is 12.4. The van der Waals surface area contributed by atoms with Gasteiger partial charge in [0, 0.05) is 56.8 Å². The molecule has 0 bridgehead atoms. The zero-order valence-electron chi connectivity index (χ0n) is 14.5. The summed E-state index contributed by atoms with van der Waals surface area (Å²) in [5.41, 5.74) is 0.558. The maximum atomic E-state index is 12.4. The normalized spacial score (nSPS) is 16.0. The Kier molecular flexibility index (Phi) is 5.62. The molecule has 3 heterocycles. The Bertz CT molecular complexity index is 875. The van der Waals surface area contributed by atoms with E-state index >= 15 is 0 Å². The second-order valence-corrected chi connectivity index (χ2v) is 8.94. The molecule has 7 nitrogen and oxygen atoms in total. The van der Waals surface area contributed by atoms with Crippen LogP contribution in [0.2, 0.25) is 5.02 Å². The van der Waals surface area contributed by atoms with Crippen molar-refractivity contribution in [3.63, 3.8) is 0 Å². The predicted octanol–water partition coefficient (Wildman–Crippen LogP) is 2.13. The van der Waals surface area contributed by atoms with Gasteiger partial charge in [-0.2, -0.15) is 0 Å². The van der Waals surface area contributed by atoms with Crippen LogP contribution in [0.4, 0.5) is 0 Å². The van der Waals surface area contributed by atoms with Crippen molar-refractivity contribution in [2.24, 2.45) is 0 Å². The molecule has 9 heteroatoms. The first-order chi connectivity index (χ1) is 12.3. The number of hydrogen-bond acceptors (Lipinski definition) is 5. The molecule has 140 valence electrons. The van der Waals surface area contributed by atoms with Gasteiger partial charge in [0.1, 0.15) is 0 Å². The summed E-state index contributed by atoms with van der Waals surface area (Å²) in [5, 5.41) is 0.307. The molecule has 0 radical (unpaired) electrons. The lowest BCUT2D eigenvalue weighted by Crippen LogP contribution is -2.38. The number of halogens is 1. The van der Waals surface area contributed by atoms with Crippen LogP contribution in [0.15, 0.2) is 35.9 Å². The molecule has 0 unspecified atom stereocenters. The highest BCUT2D eigenvalue weighted by Gasteiger charge is 2.28. The number of pyridine rings is 1. The molecular formula is C17H21ClN4O3S. The molecule has 2 aromatic rings. The average Bonchev–Trinajstić information content (AvgIpc) is 3.12. The van der Waals surface area contributed by atoms with Crippen LogP contribution in [0.3, 0.4) is 0 Å². The minimum Gasteiger partial charge on any atom is -0.343 e. The van der Waals surface area contributed by atoms with E-state index in [0.717, 1.165) is 0 Å². The van der Waals surface area contributed by atoms with Gasteiger partial charge in [-0.1, -0.05) is 11.6 Å². The summed E-state index contributed by atoms with van der Waals surface area (Å²) in [6.45, 7) is 1.80. The topological polar surface area (TPSA) is 85.2 Å². The average molecular weight is 397 g/mol. The van der Waals surface area contributed by atoms with Gasteiger partial charge in [-0.25, -0.2) is 13.4 Å². The Morgan fingerprint density at radius 2 is 2.08 bits per heavy atom. The van der Waals surface area contributed by atoms with Gasteiger partial charge in [-0.3, -0.25) is 9.78 Å². The SMILES string of the molecule is CS(=O)(=O)c1cc(Cl)cnc1C1CCN(C(=O)CCn2ccnc2)CC1. The molecule has 0 atom stereocenters. The second kappa shape index (κ2) is 7.75. The number of aryl methyl sites for hydroxylation is 1. The smallest absolute Gasteiger partial charge is 0.224 e. The Hall–Kier alpha value is -1.93. The molecule has 0 spiro atoms. The molecule has 0 N–H and O–H groups in total. The fourth-order valence-corrected chi connectivity index (χ4v) is 4.40. The van der Waals surface area contributed by atoms with Crippen LogP contribution in [0, 0.1) is 0 Å². The number of carbonyl (C=O) groups excluding carboxylic acids is 1. The minimum absolute atomic E-state index is 0.00897. The summed E-state index contributed by atoms with van der Waals surface area (Å²) in [6.07, 6.45) is 9.66. The molecule has 3 rings (SSSR count). The van der Waals surface area contributed by atoms with Crippen LogP contribution in [0.5, 0.6) is 0 Å². The summed E-state index contributed by atoms with van der Waals surface area (Å²) in [4.78, 5) is 22.6. The quantitative estimate of drug-likeness (QED) is 0.772. The summed E-state index contributed by atoms with van der Waals surface area (Å²) < 4.78 is 26.0. The van der Waals surface area contributed by atoms with E-state index in [1.54, 1.807) is 12.5 Å². The van der Waals surface area contributed by atoms with E-state index in [1.165, 1.54) is 18.5 Å². The van der Waals surface area contributed by atoms with E-state index in [4.69, 9.17) is 11.6 Å². The summed E-state index contributed by atoms with van der Waals surface area (Å²) in [6, 6.07) is 1.46. The third kappa shape index (κ3) is 4.42. The maximum Gasteiger partial charge on any atom is 0.224 e. The van der Waals surface area contributed by atoms with Gasteiger partial charge in [0.2, 0.25) is 5.91 Å². The molecule has 1 aliphatic heterocycles. The van der Waals surface area contributed by atoms with Gasteiger partial charge in [0.05, 0.1) is 21.9 Å². The Labute approximate surface area is 157 Å². The first-order valence-corrected chi connectivity index (χ1v) is 10.7. The van der Waals surface area contributed by atoms with Crippen molar-refractivity contribution >= 4 is 27.3 Å². The molecule has 1 saturated heterocycles. The zero-order valence-corrected chi connectivity index (χ0v) is 16.1. The van der Waals surface area contributed by atoms with Crippen molar-refractivity contribution in [2.75, 3.05) is 19.3 Å². The number of hydrogen-bond donors (Lipinski definition) is 0. The number of rotatable bonds is 5. The highest BCUT2D eigenvalue weighted by molar-refractivity contribution is 7.90. The molecule has 1 aliphatic rings. The van der Waals surface area contributed by atoms with E-state index in [9.17, 15) is 13.2 Å². The van der Waals surface area contributed by atoms with Gasteiger partial charge >= 0.3 is 0 Å². The van der Waals surface area contributed by atoms with E-state index in [2.05, 4.69) is 9.97 Å². The Morgan fingerprint density at radius 3 is 2.69 bits per heavy atom. The van der Waals surface area contributed by atoms with Crippen LogP contribution in [0.1, 0.15) is 30.9 Å². The van der Waals surface area contributed by atoms with Crippen LogP contribution in [-0.2, 0) is 21.2 Å². The minimum atomic E-state index is -3.41. The zero-order chi connectivity index (χ0) is 18.7. The number of likely N-dealkylation sites (tertiary alicyclic amines) is 1. The number of piperidine rings is 1. The van der Waals surface area contributed by atoms with Crippen LogP contribution >= 0.6 is 11.6 Å². The number of carbonyl (C=O) groups is 1. The molecule has 0 saturated carbocycles. The fourth-order valence-electron chi connectivity index (χ4n) is 3.24. The van der Waals surface area contributed by atoms with Crippen molar-refractivity contribution in [1.29, 1.82) is 0 Å². The third-order valence-corrected chi connectivity index (χ3v) is 5.96. The molecule has 0 aromatic carbocycles. The first kappa shape index (κ1) is 18.8. The number of sulfone groups is 1. The van der Waals surface area contributed by atoms with Gasteiger partial charge in [0.25, 0.3) is 0 Å². The summed E-state index contributed by atoms with van der Waals surface area (Å²) >= 11 is 5.92. The summed E-state index contributed by atoms with van der Waals surface area (Å²) in [7, 11) is -3.41. The lowest BCUT2D eigenvalue weighted by molar-refractivity contribution is -0.132. The number of aromatic nitrogens is 3. The van der Waals surface area contributed by atoms with Gasteiger partial charge in [-0.15, -0.1) is 0 Å². The van der Waals surface area contributed by atoms with Crippen LogP contribution in [0.25, 0.3) is 0 Å². The lowest BCUT2D eigenvalue weighted by atomic mass is 9.93. The molecule has 2 aromatic heterocycles. The van der Waals surface area contributed by atoms with E-state index in [-0.39, 0.29) is 16.7 Å². The summed E-state index contributed by atoms with van der Waals surface area (Å²) in [5.74, 6) is 0.110. The van der Waals surface area contributed by atoms with Crippen LogP contribution < -0.4 is 0 Å². The van der Waals surface area contributed by atoms with Gasteiger partial charge in [0.15, 0.2) is 9.84 Å². The highest BCUT2D eigenvalue weighted by Crippen LogP contribution is 2.32. The van der Waals surface area contributed by atoms with E-state index < -0.39 is 9.84 Å². The molecule has 26 heavy (non-hydrogen) atoms. The first-order valence-electron chi connectivity index (χ1n) is 8.43. The molecular weight excluding hydrogens is 376 g/mol. The Balaban J connectivity index is 1.63. The van der Waals surface area contributed by atoms with E-state index in [1.807, 2.05) is 15.7 Å². The van der Waals surface area contributed by atoms with Crippen molar-refractivity contribution in [2.45, 2.75) is 36.6 Å². The number of nitrogens with zero attached hydrogens (tertiary/aromatic N) is 4. The predicted molar refractivity (Wildman–Crippen MR) is 97.8 cm³/mol. The molecule has 1 fully saturated rings. The molecule has 1 amide bonds. The lowest BCUT2D eigenvalue weighted by Gasteiger charge is -2.32. The van der Waals surface area contributed by atoms with Crippen molar-refractivity contribution in [3.8, 4) is 0 Å². The standard InChI is InChI=1S/C17H21ClN4O3S/c1-26(24,25)15-10-14(18)11-20-17(15)13-2-7-22(8-3-13)16(23)4-6-21-9-5-19-12-21/h5,9-13H,2-4,6-8H2,1H3. The van der Waals surface area contributed by atoms with Gasteiger partial charge in [-0.05, 0) is 18.9 Å². The largest absolute Gasteiger partial charge is 0.343 e.